The Labute approximate surface area is 193 Å². The number of anilines is 1. The third-order valence-electron chi connectivity index (χ3n) is 4.08. The summed E-state index contributed by atoms with van der Waals surface area (Å²) >= 11 is 6.09. The lowest BCUT2D eigenvalue weighted by Crippen LogP contribution is -2.39. The van der Waals surface area contributed by atoms with Crippen molar-refractivity contribution in [2.45, 2.75) is 13.8 Å². The number of hydrogen-bond donors (Lipinski definition) is 1. The van der Waals surface area contributed by atoms with Crippen LogP contribution in [0.4, 0.5) is 5.69 Å². The summed E-state index contributed by atoms with van der Waals surface area (Å²) in [4.78, 5) is 12.3. The Morgan fingerprint density at radius 2 is 1.75 bits per heavy atom. The van der Waals surface area contributed by atoms with E-state index in [1.807, 2.05) is 13.8 Å². The first-order valence-electron chi connectivity index (χ1n) is 9.72. The smallest absolute Gasteiger partial charge is 0.260 e. The molecule has 0 saturated carbocycles. The van der Waals surface area contributed by atoms with Gasteiger partial charge < -0.3 is 14.2 Å². The van der Waals surface area contributed by atoms with Crippen LogP contribution in [0, 0.1) is 0 Å². The maximum atomic E-state index is 12.3. The van der Waals surface area contributed by atoms with Gasteiger partial charge in [0.05, 0.1) is 43.5 Å². The van der Waals surface area contributed by atoms with Crippen LogP contribution >= 0.6 is 11.6 Å². The molecule has 2 rings (SSSR count). The lowest BCUT2D eigenvalue weighted by atomic mass is 10.2. The lowest BCUT2D eigenvalue weighted by Gasteiger charge is -2.22. The van der Waals surface area contributed by atoms with E-state index in [4.69, 9.17) is 25.8 Å². The van der Waals surface area contributed by atoms with Gasteiger partial charge in [-0.15, -0.1) is 0 Å². The van der Waals surface area contributed by atoms with Crippen LogP contribution in [0.1, 0.15) is 19.4 Å². The minimum Gasteiger partial charge on any atom is -0.495 e. The van der Waals surface area contributed by atoms with Crippen LogP contribution in [-0.2, 0) is 14.8 Å². The van der Waals surface area contributed by atoms with E-state index in [0.717, 1.165) is 10.6 Å². The Kier molecular flexibility index (Phi) is 9.15. The molecule has 0 fully saturated rings. The normalized spacial score (nSPS) is 11.3. The fraction of sp³-hybridized carbons (Fsp3) is 0.333. The molecule has 0 radical (unpaired) electrons. The molecule has 0 aromatic heterocycles. The Morgan fingerprint density at radius 3 is 2.34 bits per heavy atom. The molecule has 0 spiro atoms. The number of carbonyl (C=O) groups excluding carboxylic acids is 1. The third kappa shape index (κ3) is 7.03. The number of nitrogens with one attached hydrogen (secondary N) is 1. The summed E-state index contributed by atoms with van der Waals surface area (Å²) in [6, 6.07) is 9.66. The lowest BCUT2D eigenvalue weighted by molar-refractivity contribution is -0.119. The number of carbonyl (C=O) groups is 1. The molecule has 0 aliphatic rings. The summed E-state index contributed by atoms with van der Waals surface area (Å²) in [5, 5.41) is 4.12. The van der Waals surface area contributed by atoms with Gasteiger partial charge in [-0.1, -0.05) is 11.6 Å². The molecule has 0 aliphatic carbocycles. The summed E-state index contributed by atoms with van der Waals surface area (Å²) in [6.45, 7) is 4.22. The van der Waals surface area contributed by atoms with Crippen molar-refractivity contribution in [1.29, 1.82) is 0 Å². The van der Waals surface area contributed by atoms with Gasteiger partial charge in [0.1, 0.15) is 12.3 Å². The van der Waals surface area contributed by atoms with Crippen molar-refractivity contribution in [2.75, 3.05) is 37.4 Å². The Bertz CT molecular complexity index is 1080. The van der Waals surface area contributed by atoms with Crippen molar-refractivity contribution in [3.63, 3.8) is 0 Å². The largest absolute Gasteiger partial charge is 0.495 e. The number of benzene rings is 2. The second kappa shape index (κ2) is 11.6. The Hall–Kier alpha value is -2.98. The van der Waals surface area contributed by atoms with E-state index in [9.17, 15) is 13.2 Å². The molecule has 0 heterocycles. The van der Waals surface area contributed by atoms with E-state index in [1.165, 1.54) is 31.5 Å². The topological polar surface area (TPSA) is 107 Å². The molecule has 9 nitrogen and oxygen atoms in total. The molecule has 0 aliphatic heterocycles. The summed E-state index contributed by atoms with van der Waals surface area (Å²) in [5.41, 5.74) is 3.22. The number of rotatable bonds is 11. The zero-order valence-corrected chi connectivity index (χ0v) is 19.9. The van der Waals surface area contributed by atoms with Crippen molar-refractivity contribution in [1.82, 2.24) is 5.43 Å². The van der Waals surface area contributed by atoms with Crippen molar-refractivity contribution < 1.29 is 27.4 Å². The van der Waals surface area contributed by atoms with Gasteiger partial charge in [-0.25, -0.2) is 13.8 Å². The highest BCUT2D eigenvalue weighted by atomic mass is 35.5. The molecule has 32 heavy (non-hydrogen) atoms. The average Bonchev–Trinajstić information content (AvgIpc) is 2.73. The van der Waals surface area contributed by atoms with E-state index in [0.29, 0.717) is 36.0 Å². The van der Waals surface area contributed by atoms with Crippen molar-refractivity contribution in [3.05, 3.63) is 47.0 Å². The van der Waals surface area contributed by atoms with Crippen LogP contribution < -0.4 is 23.9 Å². The standard InChI is InChI=1S/C21H26ClN3O6S/c1-5-30-19-9-7-15(11-20(19)31-6-2)13-23-24-21(26)14-25(32(4,27)28)16-8-10-18(29-3)17(22)12-16/h7-13H,5-6,14H2,1-4H3,(H,24,26)/b23-13-. The zero-order chi connectivity index (χ0) is 23.7. The summed E-state index contributed by atoms with van der Waals surface area (Å²) in [5.74, 6) is 0.927. The first-order chi connectivity index (χ1) is 15.2. The van der Waals surface area contributed by atoms with Crippen LogP contribution in [0.2, 0.25) is 5.02 Å². The predicted molar refractivity (Wildman–Crippen MR) is 125 cm³/mol. The minimum atomic E-state index is -3.76. The van der Waals surface area contributed by atoms with Crippen LogP contribution in [0.5, 0.6) is 17.2 Å². The second-order valence-electron chi connectivity index (χ2n) is 6.45. The molecular weight excluding hydrogens is 458 g/mol. The van der Waals surface area contributed by atoms with Crippen LogP contribution in [0.3, 0.4) is 0 Å². The van der Waals surface area contributed by atoms with Gasteiger partial charge in [0, 0.05) is 0 Å². The first-order valence-corrected chi connectivity index (χ1v) is 11.9. The number of ether oxygens (including phenoxy) is 3. The summed E-state index contributed by atoms with van der Waals surface area (Å²) in [6.07, 6.45) is 2.42. The maximum Gasteiger partial charge on any atom is 0.260 e. The van der Waals surface area contributed by atoms with Gasteiger partial charge in [0.25, 0.3) is 5.91 Å². The molecule has 2 aromatic carbocycles. The maximum absolute atomic E-state index is 12.3. The summed E-state index contributed by atoms with van der Waals surface area (Å²) in [7, 11) is -2.31. The molecule has 2 aromatic rings. The quantitative estimate of drug-likeness (QED) is 0.389. The van der Waals surface area contributed by atoms with Gasteiger partial charge in [-0.3, -0.25) is 9.10 Å². The fourth-order valence-electron chi connectivity index (χ4n) is 2.70. The van der Waals surface area contributed by atoms with Crippen LogP contribution in [-0.4, -0.2) is 53.7 Å². The number of nitrogens with zero attached hydrogens (tertiary/aromatic N) is 2. The monoisotopic (exact) mass is 483 g/mol. The van der Waals surface area contributed by atoms with E-state index in [2.05, 4.69) is 10.5 Å². The molecule has 1 amide bonds. The zero-order valence-electron chi connectivity index (χ0n) is 18.3. The molecule has 174 valence electrons. The minimum absolute atomic E-state index is 0.220. The van der Waals surface area contributed by atoms with E-state index in [-0.39, 0.29) is 10.7 Å². The molecule has 0 unspecified atom stereocenters. The van der Waals surface area contributed by atoms with Crippen molar-refractivity contribution in [2.24, 2.45) is 5.10 Å². The van der Waals surface area contributed by atoms with E-state index >= 15 is 0 Å². The van der Waals surface area contributed by atoms with Crippen LogP contribution in [0.15, 0.2) is 41.5 Å². The molecule has 1 N–H and O–H groups in total. The molecule has 11 heteroatoms. The van der Waals surface area contributed by atoms with Crippen LogP contribution in [0.25, 0.3) is 0 Å². The Balaban J connectivity index is 2.11. The number of hydrogen-bond acceptors (Lipinski definition) is 7. The van der Waals surface area contributed by atoms with Gasteiger partial charge in [-0.2, -0.15) is 5.10 Å². The second-order valence-corrected chi connectivity index (χ2v) is 8.77. The highest BCUT2D eigenvalue weighted by molar-refractivity contribution is 7.92. The number of sulfonamides is 1. The highest BCUT2D eigenvalue weighted by Crippen LogP contribution is 2.30. The molecule has 0 saturated heterocycles. The van der Waals surface area contributed by atoms with E-state index in [1.54, 1.807) is 18.2 Å². The van der Waals surface area contributed by atoms with Crippen molar-refractivity contribution >= 4 is 39.4 Å². The number of amides is 1. The SMILES string of the molecule is CCOc1ccc(/C=N\NC(=O)CN(c2ccc(OC)c(Cl)c2)S(C)(=O)=O)cc1OCC. The number of halogens is 1. The van der Waals surface area contributed by atoms with Crippen molar-refractivity contribution in [3.8, 4) is 17.2 Å². The molecule has 0 bridgehead atoms. The highest BCUT2D eigenvalue weighted by Gasteiger charge is 2.21. The Morgan fingerprint density at radius 1 is 1.09 bits per heavy atom. The predicted octanol–water partition coefficient (Wildman–Crippen LogP) is 3.06. The molecular formula is C21H26ClN3O6S. The summed E-state index contributed by atoms with van der Waals surface area (Å²) < 4.78 is 41.5. The van der Waals surface area contributed by atoms with Gasteiger partial charge in [-0.05, 0) is 55.8 Å². The average molecular weight is 484 g/mol. The van der Waals surface area contributed by atoms with Gasteiger partial charge in [0.2, 0.25) is 10.0 Å². The number of hydrazone groups is 1. The van der Waals surface area contributed by atoms with Gasteiger partial charge in [0.15, 0.2) is 11.5 Å². The fourth-order valence-corrected chi connectivity index (χ4v) is 3.80. The van der Waals surface area contributed by atoms with E-state index < -0.39 is 22.5 Å². The molecule has 0 atom stereocenters. The first kappa shape index (κ1) is 25.3. The number of methoxy groups -OCH3 is 1. The van der Waals surface area contributed by atoms with Gasteiger partial charge >= 0.3 is 0 Å². The third-order valence-corrected chi connectivity index (χ3v) is 5.52.